The van der Waals surface area contributed by atoms with Crippen molar-refractivity contribution < 1.29 is 5.11 Å². The van der Waals surface area contributed by atoms with Gasteiger partial charge in [0.15, 0.2) is 0 Å². The van der Waals surface area contributed by atoms with Crippen LogP contribution in [0.2, 0.25) is 0 Å². The first-order chi connectivity index (χ1) is 7.22. The molecule has 2 atom stereocenters. The SMILES string of the molecule is CC(C)n1cc([C@H]2CNC[C@@H]2CO)cn1. The molecule has 1 fully saturated rings. The molecule has 1 aliphatic rings. The summed E-state index contributed by atoms with van der Waals surface area (Å²) in [5.41, 5.74) is 1.24. The van der Waals surface area contributed by atoms with Crippen LogP contribution < -0.4 is 5.32 Å². The number of aliphatic hydroxyl groups excluding tert-OH is 1. The number of nitrogens with one attached hydrogen (secondary N) is 1. The fourth-order valence-corrected chi connectivity index (χ4v) is 2.14. The summed E-state index contributed by atoms with van der Waals surface area (Å²) in [4.78, 5) is 0. The van der Waals surface area contributed by atoms with Crippen molar-refractivity contribution in [2.45, 2.75) is 25.8 Å². The van der Waals surface area contributed by atoms with Gasteiger partial charge in [-0.05, 0) is 19.4 Å². The van der Waals surface area contributed by atoms with Crippen LogP contribution in [0.1, 0.15) is 31.4 Å². The predicted octanol–water partition coefficient (Wildman–Crippen LogP) is 0.759. The molecule has 84 valence electrons. The van der Waals surface area contributed by atoms with E-state index < -0.39 is 0 Å². The van der Waals surface area contributed by atoms with Crippen molar-refractivity contribution in [1.82, 2.24) is 15.1 Å². The normalized spacial score (nSPS) is 26.4. The van der Waals surface area contributed by atoms with Crippen molar-refractivity contribution in [2.75, 3.05) is 19.7 Å². The van der Waals surface area contributed by atoms with Crippen LogP contribution in [0.5, 0.6) is 0 Å². The van der Waals surface area contributed by atoms with Gasteiger partial charge in [0.1, 0.15) is 0 Å². The Morgan fingerprint density at radius 3 is 3.00 bits per heavy atom. The van der Waals surface area contributed by atoms with Gasteiger partial charge in [0.2, 0.25) is 0 Å². The summed E-state index contributed by atoms with van der Waals surface area (Å²) in [6.45, 7) is 6.36. The molecule has 4 nitrogen and oxygen atoms in total. The fourth-order valence-electron chi connectivity index (χ4n) is 2.14. The Labute approximate surface area is 90.3 Å². The van der Waals surface area contributed by atoms with Crippen molar-refractivity contribution in [1.29, 1.82) is 0 Å². The van der Waals surface area contributed by atoms with Gasteiger partial charge < -0.3 is 10.4 Å². The van der Waals surface area contributed by atoms with Gasteiger partial charge in [-0.1, -0.05) is 0 Å². The summed E-state index contributed by atoms with van der Waals surface area (Å²) in [6, 6.07) is 0.403. The molecule has 2 N–H and O–H groups in total. The zero-order chi connectivity index (χ0) is 10.8. The average Bonchev–Trinajstić information content (AvgIpc) is 2.85. The molecule has 0 radical (unpaired) electrons. The predicted molar refractivity (Wildman–Crippen MR) is 58.8 cm³/mol. The van der Waals surface area contributed by atoms with Crippen LogP contribution in [0.25, 0.3) is 0 Å². The lowest BCUT2D eigenvalue weighted by Crippen LogP contribution is -2.14. The molecule has 0 amide bonds. The van der Waals surface area contributed by atoms with E-state index in [-0.39, 0.29) is 6.61 Å². The first kappa shape index (κ1) is 10.6. The standard InChI is InChI=1S/C11H19N3O/c1-8(2)14-6-9(4-13-14)11-5-12-3-10(11)7-15/h4,6,8,10-12,15H,3,5,7H2,1-2H3/t10-,11-/m1/s1. The molecule has 15 heavy (non-hydrogen) atoms. The Kier molecular flexibility index (Phi) is 3.07. The molecule has 2 heterocycles. The van der Waals surface area contributed by atoms with Gasteiger partial charge in [-0.15, -0.1) is 0 Å². The Balaban J connectivity index is 2.14. The lowest BCUT2D eigenvalue weighted by Gasteiger charge is -2.13. The number of hydrogen-bond donors (Lipinski definition) is 2. The highest BCUT2D eigenvalue weighted by Gasteiger charge is 2.28. The molecule has 1 aromatic heterocycles. The van der Waals surface area contributed by atoms with Crippen LogP contribution >= 0.6 is 0 Å². The Bertz CT molecular complexity index is 321. The quantitative estimate of drug-likeness (QED) is 0.772. The van der Waals surface area contributed by atoms with E-state index in [1.54, 1.807) is 0 Å². The molecule has 1 saturated heterocycles. The molecule has 1 aromatic rings. The Morgan fingerprint density at radius 1 is 1.60 bits per heavy atom. The maximum atomic E-state index is 9.25. The number of aliphatic hydroxyl groups is 1. The number of nitrogens with zero attached hydrogens (tertiary/aromatic N) is 2. The zero-order valence-electron chi connectivity index (χ0n) is 9.35. The number of aromatic nitrogens is 2. The summed E-state index contributed by atoms with van der Waals surface area (Å²) < 4.78 is 1.97. The minimum Gasteiger partial charge on any atom is -0.396 e. The maximum Gasteiger partial charge on any atom is 0.0525 e. The largest absolute Gasteiger partial charge is 0.396 e. The van der Waals surface area contributed by atoms with Gasteiger partial charge in [-0.25, -0.2) is 0 Å². The van der Waals surface area contributed by atoms with Crippen molar-refractivity contribution in [3.63, 3.8) is 0 Å². The van der Waals surface area contributed by atoms with E-state index in [1.807, 2.05) is 10.9 Å². The Hall–Kier alpha value is -0.870. The molecule has 0 aromatic carbocycles. The van der Waals surface area contributed by atoms with Gasteiger partial charge in [0.25, 0.3) is 0 Å². The summed E-state index contributed by atoms with van der Waals surface area (Å²) >= 11 is 0. The first-order valence-electron chi connectivity index (χ1n) is 5.58. The van der Waals surface area contributed by atoms with Gasteiger partial charge in [0, 0.05) is 43.8 Å². The molecular formula is C11H19N3O. The van der Waals surface area contributed by atoms with E-state index in [2.05, 4.69) is 30.5 Å². The molecule has 2 rings (SSSR count). The average molecular weight is 209 g/mol. The summed E-state index contributed by atoms with van der Waals surface area (Å²) in [6.07, 6.45) is 4.03. The molecule has 0 unspecified atom stereocenters. The van der Waals surface area contributed by atoms with Crippen LogP contribution in [-0.4, -0.2) is 34.6 Å². The van der Waals surface area contributed by atoms with Gasteiger partial charge in [-0.3, -0.25) is 4.68 Å². The molecule has 0 saturated carbocycles. The minimum absolute atomic E-state index is 0.254. The summed E-state index contributed by atoms with van der Waals surface area (Å²) in [5, 5.41) is 16.9. The van der Waals surface area contributed by atoms with Crippen LogP contribution in [0.3, 0.4) is 0 Å². The van der Waals surface area contributed by atoms with Crippen molar-refractivity contribution in [3.05, 3.63) is 18.0 Å². The van der Waals surface area contributed by atoms with Crippen LogP contribution in [0.4, 0.5) is 0 Å². The lowest BCUT2D eigenvalue weighted by atomic mass is 9.92. The molecular weight excluding hydrogens is 190 g/mol. The van der Waals surface area contributed by atoms with E-state index in [9.17, 15) is 5.11 Å². The minimum atomic E-state index is 0.254. The van der Waals surface area contributed by atoms with Crippen molar-refractivity contribution >= 4 is 0 Å². The van der Waals surface area contributed by atoms with Crippen LogP contribution in [0, 0.1) is 5.92 Å². The smallest absolute Gasteiger partial charge is 0.0525 e. The highest BCUT2D eigenvalue weighted by Crippen LogP contribution is 2.27. The molecule has 0 spiro atoms. The summed E-state index contributed by atoms with van der Waals surface area (Å²) in [7, 11) is 0. The number of hydrogen-bond acceptors (Lipinski definition) is 3. The maximum absolute atomic E-state index is 9.25. The highest BCUT2D eigenvalue weighted by molar-refractivity contribution is 5.16. The third kappa shape index (κ3) is 2.06. The van der Waals surface area contributed by atoms with Crippen molar-refractivity contribution in [3.8, 4) is 0 Å². The van der Waals surface area contributed by atoms with Crippen LogP contribution in [0.15, 0.2) is 12.4 Å². The fraction of sp³-hybridized carbons (Fsp3) is 0.727. The third-order valence-electron chi connectivity index (χ3n) is 3.15. The monoisotopic (exact) mass is 209 g/mol. The second-order valence-corrected chi connectivity index (χ2v) is 4.55. The molecule has 4 heteroatoms. The lowest BCUT2D eigenvalue weighted by molar-refractivity contribution is 0.226. The first-order valence-corrected chi connectivity index (χ1v) is 5.58. The third-order valence-corrected chi connectivity index (χ3v) is 3.15. The highest BCUT2D eigenvalue weighted by atomic mass is 16.3. The topological polar surface area (TPSA) is 50.1 Å². The van der Waals surface area contributed by atoms with E-state index in [1.165, 1.54) is 5.56 Å². The number of rotatable bonds is 3. The van der Waals surface area contributed by atoms with E-state index >= 15 is 0 Å². The van der Waals surface area contributed by atoms with Gasteiger partial charge >= 0.3 is 0 Å². The second kappa shape index (κ2) is 4.33. The van der Waals surface area contributed by atoms with Gasteiger partial charge in [-0.2, -0.15) is 5.10 Å². The van der Waals surface area contributed by atoms with Crippen molar-refractivity contribution in [2.24, 2.45) is 5.92 Å². The molecule has 1 aliphatic heterocycles. The zero-order valence-corrected chi connectivity index (χ0v) is 9.35. The van der Waals surface area contributed by atoms with E-state index in [0.717, 1.165) is 13.1 Å². The van der Waals surface area contributed by atoms with E-state index in [0.29, 0.717) is 17.9 Å². The van der Waals surface area contributed by atoms with Crippen LogP contribution in [-0.2, 0) is 0 Å². The van der Waals surface area contributed by atoms with E-state index in [4.69, 9.17) is 0 Å². The molecule has 0 aliphatic carbocycles. The second-order valence-electron chi connectivity index (χ2n) is 4.55. The summed E-state index contributed by atoms with van der Waals surface area (Å²) in [5.74, 6) is 0.761. The Morgan fingerprint density at radius 2 is 2.40 bits per heavy atom. The molecule has 0 bridgehead atoms. The van der Waals surface area contributed by atoms with Gasteiger partial charge in [0.05, 0.1) is 6.20 Å².